The topological polar surface area (TPSA) is 80.7 Å². The molecule has 0 bridgehead atoms. The summed E-state index contributed by atoms with van der Waals surface area (Å²) in [4.78, 5) is 14.5. The highest BCUT2D eigenvalue weighted by Gasteiger charge is 2.35. The molecule has 28 heavy (non-hydrogen) atoms. The van der Waals surface area contributed by atoms with Crippen LogP contribution in [0.5, 0.6) is 5.75 Å². The number of benzene rings is 1. The lowest BCUT2D eigenvalue weighted by molar-refractivity contribution is -0.143. The number of rotatable bonds is 9. The lowest BCUT2D eigenvalue weighted by atomic mass is 10.0. The quantitative estimate of drug-likeness (QED) is 0.609. The number of hydrogen-bond acceptors (Lipinski definition) is 7. The fourth-order valence-corrected chi connectivity index (χ4v) is 3.06. The SMILES string of the molecule is COC(=O)COc1ccc(C(C)CNCC(O)c2csc(C(F)(F)F)n2)cc1. The molecule has 0 aliphatic heterocycles. The molecule has 2 N–H and O–H groups in total. The van der Waals surface area contributed by atoms with Crippen molar-refractivity contribution < 1.29 is 32.5 Å². The maximum absolute atomic E-state index is 12.6. The molecular weight excluding hydrogens is 397 g/mol. The molecule has 2 rings (SSSR count). The summed E-state index contributed by atoms with van der Waals surface area (Å²) in [7, 11) is 1.28. The summed E-state index contributed by atoms with van der Waals surface area (Å²) in [5.41, 5.74) is 1.00. The number of aliphatic hydroxyl groups is 1. The maximum Gasteiger partial charge on any atom is 0.443 e. The maximum atomic E-state index is 12.6. The van der Waals surface area contributed by atoms with Gasteiger partial charge in [0.25, 0.3) is 0 Å². The fourth-order valence-electron chi connectivity index (χ4n) is 2.32. The molecule has 2 atom stereocenters. The highest BCUT2D eigenvalue weighted by atomic mass is 32.1. The summed E-state index contributed by atoms with van der Waals surface area (Å²) < 4.78 is 47.5. The van der Waals surface area contributed by atoms with E-state index in [9.17, 15) is 23.1 Å². The number of carbonyl (C=O) groups is 1. The Hall–Kier alpha value is -2.17. The summed E-state index contributed by atoms with van der Waals surface area (Å²) in [6.45, 7) is 2.40. The van der Waals surface area contributed by atoms with Gasteiger partial charge in [0.05, 0.1) is 12.8 Å². The molecule has 2 unspecified atom stereocenters. The van der Waals surface area contributed by atoms with Crippen molar-refractivity contribution in [2.75, 3.05) is 26.8 Å². The monoisotopic (exact) mass is 418 g/mol. The van der Waals surface area contributed by atoms with Gasteiger partial charge < -0.3 is 19.9 Å². The molecule has 1 heterocycles. The molecule has 0 saturated carbocycles. The zero-order valence-electron chi connectivity index (χ0n) is 15.3. The molecule has 10 heteroatoms. The molecule has 0 amide bonds. The van der Waals surface area contributed by atoms with Crippen molar-refractivity contribution in [3.63, 3.8) is 0 Å². The van der Waals surface area contributed by atoms with Crippen LogP contribution in [-0.2, 0) is 15.7 Å². The zero-order chi connectivity index (χ0) is 20.7. The molecule has 1 aromatic carbocycles. The second kappa shape index (κ2) is 9.85. The second-order valence-electron chi connectivity index (χ2n) is 6.08. The van der Waals surface area contributed by atoms with Gasteiger partial charge in [-0.25, -0.2) is 9.78 Å². The standard InChI is InChI=1S/C18H21F3N2O4S/c1-11(12-3-5-13(6-4-12)27-9-16(25)26-2)7-22-8-15(24)14-10-28-17(23-14)18(19,20)21/h3-6,10-11,15,22,24H,7-9H2,1-2H3. The van der Waals surface area contributed by atoms with Crippen molar-refractivity contribution in [2.45, 2.75) is 25.1 Å². The number of halogens is 3. The lowest BCUT2D eigenvalue weighted by Crippen LogP contribution is -2.25. The molecule has 0 aliphatic rings. The average Bonchev–Trinajstić information content (AvgIpc) is 3.17. The van der Waals surface area contributed by atoms with Crippen LogP contribution < -0.4 is 10.1 Å². The Labute approximate surface area is 164 Å². The van der Waals surface area contributed by atoms with E-state index >= 15 is 0 Å². The summed E-state index contributed by atoms with van der Waals surface area (Å²) in [6.07, 6.45) is -5.62. The van der Waals surface area contributed by atoms with Crippen LogP contribution in [0.2, 0.25) is 0 Å². The van der Waals surface area contributed by atoms with E-state index in [1.807, 2.05) is 19.1 Å². The lowest BCUT2D eigenvalue weighted by Gasteiger charge is -2.15. The Kier molecular flexibility index (Phi) is 7.78. The van der Waals surface area contributed by atoms with Crippen molar-refractivity contribution in [1.82, 2.24) is 10.3 Å². The molecule has 0 radical (unpaired) electrons. The van der Waals surface area contributed by atoms with Crippen LogP contribution in [0.4, 0.5) is 13.2 Å². The first-order chi connectivity index (χ1) is 13.2. The van der Waals surface area contributed by atoms with Gasteiger partial charge in [0, 0.05) is 18.5 Å². The molecule has 154 valence electrons. The van der Waals surface area contributed by atoms with E-state index in [-0.39, 0.29) is 24.8 Å². The Morgan fingerprint density at radius 3 is 2.54 bits per heavy atom. The zero-order valence-corrected chi connectivity index (χ0v) is 16.1. The number of alkyl halides is 3. The summed E-state index contributed by atoms with van der Waals surface area (Å²) in [5.74, 6) is 0.152. The number of nitrogens with one attached hydrogen (secondary N) is 1. The largest absolute Gasteiger partial charge is 0.482 e. The molecular formula is C18H21F3N2O4S. The number of hydrogen-bond donors (Lipinski definition) is 2. The summed E-state index contributed by atoms with van der Waals surface area (Å²) in [6, 6.07) is 7.17. The van der Waals surface area contributed by atoms with Crippen LogP contribution in [0.25, 0.3) is 0 Å². The summed E-state index contributed by atoms with van der Waals surface area (Å²) in [5, 5.41) is 13.3. The molecule has 1 aromatic heterocycles. The molecule has 0 spiro atoms. The normalized spacial score (nSPS) is 13.8. The number of carbonyl (C=O) groups excluding carboxylic acids is 1. The minimum Gasteiger partial charge on any atom is -0.482 e. The van der Waals surface area contributed by atoms with E-state index in [2.05, 4.69) is 15.0 Å². The Morgan fingerprint density at radius 2 is 1.96 bits per heavy atom. The van der Waals surface area contributed by atoms with Crippen molar-refractivity contribution in [2.24, 2.45) is 0 Å². The van der Waals surface area contributed by atoms with Gasteiger partial charge in [0.15, 0.2) is 11.6 Å². The van der Waals surface area contributed by atoms with E-state index < -0.39 is 23.3 Å². The van der Waals surface area contributed by atoms with E-state index in [4.69, 9.17) is 4.74 Å². The van der Waals surface area contributed by atoms with E-state index in [1.54, 1.807) is 12.1 Å². The van der Waals surface area contributed by atoms with Gasteiger partial charge in [-0.3, -0.25) is 0 Å². The molecule has 2 aromatic rings. The third-order valence-corrected chi connectivity index (χ3v) is 4.83. The number of aliphatic hydroxyl groups excluding tert-OH is 1. The van der Waals surface area contributed by atoms with E-state index in [0.717, 1.165) is 5.56 Å². The first-order valence-corrected chi connectivity index (χ1v) is 9.29. The molecule has 6 nitrogen and oxygen atoms in total. The highest BCUT2D eigenvalue weighted by Crippen LogP contribution is 2.32. The minimum absolute atomic E-state index is 0.00425. The van der Waals surface area contributed by atoms with Crippen LogP contribution in [0.1, 0.15) is 35.2 Å². The first-order valence-electron chi connectivity index (χ1n) is 8.41. The third kappa shape index (κ3) is 6.47. The number of methoxy groups -OCH3 is 1. The van der Waals surface area contributed by atoms with Crippen LogP contribution in [-0.4, -0.2) is 42.9 Å². The molecule has 0 aliphatic carbocycles. The predicted molar refractivity (Wildman–Crippen MR) is 97.3 cm³/mol. The van der Waals surface area contributed by atoms with Gasteiger partial charge in [0.2, 0.25) is 0 Å². The highest BCUT2D eigenvalue weighted by molar-refractivity contribution is 7.09. The van der Waals surface area contributed by atoms with Crippen LogP contribution in [0.3, 0.4) is 0 Å². The summed E-state index contributed by atoms with van der Waals surface area (Å²) >= 11 is 0.465. The second-order valence-corrected chi connectivity index (χ2v) is 6.94. The van der Waals surface area contributed by atoms with Gasteiger partial charge >= 0.3 is 12.1 Å². The van der Waals surface area contributed by atoms with Gasteiger partial charge in [-0.2, -0.15) is 13.2 Å². The Bertz CT molecular complexity index is 765. The van der Waals surface area contributed by atoms with Crippen LogP contribution >= 0.6 is 11.3 Å². The Morgan fingerprint density at radius 1 is 1.29 bits per heavy atom. The fraction of sp³-hybridized carbons (Fsp3) is 0.444. The van der Waals surface area contributed by atoms with Gasteiger partial charge in [-0.05, 0) is 23.6 Å². The number of ether oxygens (including phenoxy) is 2. The van der Waals surface area contributed by atoms with Crippen molar-refractivity contribution in [1.29, 1.82) is 0 Å². The van der Waals surface area contributed by atoms with Gasteiger partial charge in [-0.1, -0.05) is 19.1 Å². The van der Waals surface area contributed by atoms with Crippen molar-refractivity contribution in [3.05, 3.63) is 45.9 Å². The first kappa shape index (κ1) is 22.1. The smallest absolute Gasteiger partial charge is 0.443 e. The third-order valence-electron chi connectivity index (χ3n) is 3.93. The number of esters is 1. The number of aromatic nitrogens is 1. The predicted octanol–water partition coefficient (Wildman–Crippen LogP) is 3.14. The number of nitrogens with zero attached hydrogens (tertiary/aromatic N) is 1. The molecule has 0 fully saturated rings. The van der Waals surface area contributed by atoms with E-state index in [1.165, 1.54) is 12.5 Å². The minimum atomic E-state index is -4.50. The van der Waals surface area contributed by atoms with E-state index in [0.29, 0.717) is 23.6 Å². The number of thiazole rings is 1. The van der Waals surface area contributed by atoms with Crippen molar-refractivity contribution >= 4 is 17.3 Å². The van der Waals surface area contributed by atoms with Gasteiger partial charge in [0.1, 0.15) is 11.9 Å². The Balaban J connectivity index is 1.79. The molecule has 0 saturated heterocycles. The van der Waals surface area contributed by atoms with Gasteiger partial charge in [-0.15, -0.1) is 11.3 Å². The van der Waals surface area contributed by atoms with Crippen LogP contribution in [0.15, 0.2) is 29.6 Å². The average molecular weight is 418 g/mol. The van der Waals surface area contributed by atoms with Crippen LogP contribution in [0, 0.1) is 0 Å². The van der Waals surface area contributed by atoms with Crippen molar-refractivity contribution in [3.8, 4) is 5.75 Å².